The van der Waals surface area contributed by atoms with Gasteiger partial charge in [-0.2, -0.15) is 0 Å². The molecule has 0 aliphatic heterocycles. The molecule has 0 radical (unpaired) electrons. The molecule has 0 saturated carbocycles. The molecule has 2 aliphatic rings. The van der Waals surface area contributed by atoms with Crippen molar-refractivity contribution in [1.82, 2.24) is 0 Å². The van der Waals surface area contributed by atoms with E-state index in [2.05, 4.69) is 157 Å². The summed E-state index contributed by atoms with van der Waals surface area (Å²) in [7, 11) is 0. The molecule has 0 saturated heterocycles. The van der Waals surface area contributed by atoms with Crippen LogP contribution in [0.4, 0.5) is 0 Å². The van der Waals surface area contributed by atoms with Gasteiger partial charge in [-0.25, -0.2) is 0 Å². The molecule has 0 heterocycles. The van der Waals surface area contributed by atoms with E-state index in [1.165, 1.54) is 46.2 Å². The van der Waals surface area contributed by atoms with Gasteiger partial charge < -0.3 is 24.8 Å². The number of fused-ring (bicyclic) bond motifs is 3. The third-order valence-corrected chi connectivity index (χ3v) is 18.3. The van der Waals surface area contributed by atoms with Crippen LogP contribution in [0.3, 0.4) is 0 Å². The third kappa shape index (κ3) is 8.04. The number of hydrogen-bond acceptors (Lipinski definition) is 0. The van der Waals surface area contributed by atoms with Crippen molar-refractivity contribution in [2.45, 2.75) is 88.1 Å². The maximum atomic E-state index is 2.62. The summed E-state index contributed by atoms with van der Waals surface area (Å²) in [5.41, 5.74) is 12.3. The molecule has 0 aromatic heterocycles. The van der Waals surface area contributed by atoms with Gasteiger partial charge in [0.25, 0.3) is 0 Å². The molecule has 0 amide bonds. The number of aryl methyl sites for hydroxylation is 2. The van der Waals surface area contributed by atoms with Crippen LogP contribution in [-0.2, 0) is 44.9 Å². The normalized spacial score (nSPS) is 13.5. The Hall–Kier alpha value is -2.31. The van der Waals surface area contributed by atoms with Crippen LogP contribution in [0.25, 0.3) is 11.1 Å². The summed E-state index contributed by atoms with van der Waals surface area (Å²) in [4.78, 5) is 0. The SMILES string of the molecule is CC(C)(C)c1ccc2c(c1)[CH]([Zr+2]([C]1=CC=CC1)=[C](CCc1ccccc1)CCc1ccccc1)c1cc(C(C)(C)C)ccc1-2.[Cl-].[Cl-]. The van der Waals surface area contributed by atoms with Crippen molar-refractivity contribution in [2.75, 3.05) is 0 Å². The first-order valence-electron chi connectivity index (χ1n) is 16.5. The van der Waals surface area contributed by atoms with Crippen LogP contribution in [0.1, 0.15) is 97.8 Å². The molecule has 0 atom stereocenters. The first-order chi connectivity index (χ1) is 21.1. The second-order valence-electron chi connectivity index (χ2n) is 14.8. The largest absolute Gasteiger partial charge is 1.00 e. The van der Waals surface area contributed by atoms with Crippen LogP contribution in [0.15, 0.2) is 119 Å². The Morgan fingerprint density at radius 1 is 0.630 bits per heavy atom. The second-order valence-corrected chi connectivity index (χ2v) is 21.6. The number of allylic oxidation sites excluding steroid dienone is 4. The van der Waals surface area contributed by atoms with Crippen molar-refractivity contribution in [3.05, 3.63) is 152 Å². The molecule has 0 spiro atoms. The molecular weight excluding hydrogens is 679 g/mol. The fraction of sp³-hybridized carbons (Fsp3) is 0.326. The summed E-state index contributed by atoms with van der Waals surface area (Å²) in [5, 5.41) is 0. The molecular formula is C43H48Cl2Zr. The molecule has 2 aliphatic carbocycles. The first-order valence-corrected chi connectivity index (χ1v) is 20.4. The smallest absolute Gasteiger partial charge is 1.00 e. The Morgan fingerprint density at radius 3 is 1.48 bits per heavy atom. The maximum Gasteiger partial charge on any atom is -1.00 e. The molecule has 0 fully saturated rings. The summed E-state index contributed by atoms with van der Waals surface area (Å²) in [6, 6.07) is 37.3. The van der Waals surface area contributed by atoms with Crippen molar-refractivity contribution < 1.29 is 46.1 Å². The van der Waals surface area contributed by atoms with E-state index in [-0.39, 0.29) is 35.6 Å². The van der Waals surface area contributed by atoms with Crippen LogP contribution in [-0.4, -0.2) is 3.21 Å². The van der Waals surface area contributed by atoms with Gasteiger partial charge in [-0.1, -0.05) is 0 Å². The first kappa shape index (κ1) is 36.5. The molecule has 46 heavy (non-hydrogen) atoms. The summed E-state index contributed by atoms with van der Waals surface area (Å²) < 4.78 is 4.18. The predicted molar refractivity (Wildman–Crippen MR) is 187 cm³/mol. The van der Waals surface area contributed by atoms with Gasteiger partial charge in [-0.05, 0) is 0 Å². The van der Waals surface area contributed by atoms with E-state index in [9.17, 15) is 0 Å². The molecule has 0 N–H and O–H groups in total. The molecule has 0 bridgehead atoms. The Labute approximate surface area is 298 Å². The van der Waals surface area contributed by atoms with E-state index in [0.29, 0.717) is 3.63 Å². The van der Waals surface area contributed by atoms with Crippen molar-refractivity contribution in [3.8, 4) is 11.1 Å². The summed E-state index contributed by atoms with van der Waals surface area (Å²) in [6.45, 7) is 14.2. The standard InChI is InChI=1S/C21H25.C17H18.C5H5.2ClH.Zr/c1-20(2,3)16-7-9-18-14(12-16)11-15-13-17(21(4,5)6)8-10-19(15)18;1-4-10-16(11-5-1)14-8-3-9-15-17-12-6-2-7-13-17;1-2-4-5-3-1;;;/h7-13H,1-6H3;1-2,4-7,10-13H,8-9,14-15H2;1-3H,4H2;2*1H;/q;;;;;+2/p-2. The van der Waals surface area contributed by atoms with Crippen molar-refractivity contribution in [3.63, 3.8) is 0 Å². The van der Waals surface area contributed by atoms with Gasteiger partial charge in [0, 0.05) is 0 Å². The molecule has 4 aromatic carbocycles. The molecule has 238 valence electrons. The van der Waals surface area contributed by atoms with Gasteiger partial charge in [0.05, 0.1) is 0 Å². The topological polar surface area (TPSA) is 0 Å². The van der Waals surface area contributed by atoms with Gasteiger partial charge in [-0.3, -0.25) is 0 Å². The average Bonchev–Trinajstić information content (AvgIpc) is 3.65. The van der Waals surface area contributed by atoms with Gasteiger partial charge in [-0.15, -0.1) is 0 Å². The van der Waals surface area contributed by atoms with E-state index in [1.807, 2.05) is 3.21 Å². The molecule has 0 nitrogen and oxygen atoms in total. The van der Waals surface area contributed by atoms with Gasteiger partial charge in [0.1, 0.15) is 0 Å². The van der Waals surface area contributed by atoms with Crippen LogP contribution in [0, 0.1) is 0 Å². The second kappa shape index (κ2) is 15.3. The number of halogens is 2. The molecule has 3 heteroatoms. The van der Waals surface area contributed by atoms with Gasteiger partial charge >= 0.3 is 276 Å². The third-order valence-electron chi connectivity index (χ3n) is 9.65. The molecule has 6 rings (SSSR count). The van der Waals surface area contributed by atoms with E-state index >= 15 is 0 Å². The van der Waals surface area contributed by atoms with Crippen molar-refractivity contribution in [1.29, 1.82) is 0 Å². The van der Waals surface area contributed by atoms with E-state index in [4.69, 9.17) is 0 Å². The van der Waals surface area contributed by atoms with E-state index < -0.39 is 21.3 Å². The fourth-order valence-electron chi connectivity index (χ4n) is 7.04. The molecule has 4 aromatic rings. The van der Waals surface area contributed by atoms with Crippen LogP contribution >= 0.6 is 0 Å². The Balaban J connectivity index is 0.00000240. The predicted octanol–water partition coefficient (Wildman–Crippen LogP) is 5.26. The van der Waals surface area contributed by atoms with Crippen LogP contribution < -0.4 is 24.8 Å². The Morgan fingerprint density at radius 2 is 1.09 bits per heavy atom. The minimum absolute atomic E-state index is 0. The average molecular weight is 727 g/mol. The molecule has 0 unspecified atom stereocenters. The van der Waals surface area contributed by atoms with E-state index in [1.54, 1.807) is 14.4 Å². The zero-order chi connectivity index (χ0) is 30.9. The Bertz CT molecular complexity index is 1620. The summed E-state index contributed by atoms with van der Waals surface area (Å²) >= 11 is -2.48. The summed E-state index contributed by atoms with van der Waals surface area (Å²) in [6.07, 6.45) is 13.1. The quantitative estimate of drug-likeness (QED) is 0.233. The van der Waals surface area contributed by atoms with Crippen molar-refractivity contribution in [2.24, 2.45) is 0 Å². The van der Waals surface area contributed by atoms with Gasteiger partial charge in [0.15, 0.2) is 0 Å². The van der Waals surface area contributed by atoms with Gasteiger partial charge in [0.2, 0.25) is 0 Å². The van der Waals surface area contributed by atoms with Crippen LogP contribution in [0.5, 0.6) is 0 Å². The van der Waals surface area contributed by atoms with E-state index in [0.717, 1.165) is 19.3 Å². The maximum absolute atomic E-state index is 2.62. The zero-order valence-electron chi connectivity index (χ0n) is 28.3. The van der Waals surface area contributed by atoms with Crippen LogP contribution in [0.2, 0.25) is 0 Å². The van der Waals surface area contributed by atoms with Crippen molar-refractivity contribution >= 4 is 3.21 Å². The Kier molecular flexibility index (Phi) is 12.1. The minimum atomic E-state index is -2.48. The minimum Gasteiger partial charge on any atom is -1.00 e. The number of benzene rings is 4. The number of rotatable bonds is 8. The number of hydrogen-bond donors (Lipinski definition) is 0. The zero-order valence-corrected chi connectivity index (χ0v) is 32.3. The monoisotopic (exact) mass is 724 g/mol. The fourth-order valence-corrected chi connectivity index (χ4v) is 16.2. The summed E-state index contributed by atoms with van der Waals surface area (Å²) in [5.74, 6) is 0.